The van der Waals surface area contributed by atoms with Crippen molar-refractivity contribution in [2.75, 3.05) is 6.54 Å². The zero-order chi connectivity index (χ0) is 10.1. The summed E-state index contributed by atoms with van der Waals surface area (Å²) in [7, 11) is 0. The van der Waals surface area contributed by atoms with Crippen molar-refractivity contribution in [2.45, 2.75) is 12.8 Å². The van der Waals surface area contributed by atoms with Crippen LogP contribution in [-0.4, -0.2) is 11.5 Å². The Balaban J connectivity index is 2.67. The maximum Gasteiger partial charge on any atom is 0.132 e. The summed E-state index contributed by atoms with van der Waals surface area (Å²) in [6, 6.07) is 5.04. The van der Waals surface area contributed by atoms with Gasteiger partial charge in [0.05, 0.1) is 0 Å². The Morgan fingerprint density at radius 1 is 1.50 bits per heavy atom. The number of rotatable bonds is 2. The van der Waals surface area contributed by atoms with E-state index in [1.54, 1.807) is 6.07 Å². The van der Waals surface area contributed by atoms with Gasteiger partial charge in [-0.15, -0.1) is 0 Å². The summed E-state index contributed by atoms with van der Waals surface area (Å²) in [5.41, 5.74) is 7.36. The minimum Gasteiger partial charge on any atom is -0.361 e. The van der Waals surface area contributed by atoms with Gasteiger partial charge >= 0.3 is 0 Å². The van der Waals surface area contributed by atoms with Crippen LogP contribution in [0.1, 0.15) is 18.4 Å². The molecule has 14 heavy (non-hydrogen) atoms. The molecule has 2 nitrogen and oxygen atoms in total. The maximum absolute atomic E-state index is 13.5. The van der Waals surface area contributed by atoms with Gasteiger partial charge in [0.25, 0.3) is 0 Å². The first-order chi connectivity index (χ1) is 6.74. The molecule has 3 heteroatoms. The van der Waals surface area contributed by atoms with Crippen molar-refractivity contribution >= 4 is 10.9 Å². The third-order valence-corrected chi connectivity index (χ3v) is 2.57. The average Bonchev–Trinajstić information content (AvgIpc) is 2.62. The third-order valence-electron chi connectivity index (χ3n) is 2.57. The Kier molecular flexibility index (Phi) is 2.25. The van der Waals surface area contributed by atoms with Gasteiger partial charge in [0.2, 0.25) is 0 Å². The SMILES string of the molecule is CC(CN)c1c[nH]c2cccc(F)c12. The number of halogens is 1. The minimum absolute atomic E-state index is 0.181. The first-order valence-electron chi connectivity index (χ1n) is 4.69. The van der Waals surface area contributed by atoms with Crippen LogP contribution in [0.5, 0.6) is 0 Å². The molecule has 1 aromatic heterocycles. The number of nitrogens with one attached hydrogen (secondary N) is 1. The molecular weight excluding hydrogens is 179 g/mol. The van der Waals surface area contributed by atoms with Gasteiger partial charge in [0, 0.05) is 17.1 Å². The molecule has 1 aromatic carbocycles. The lowest BCUT2D eigenvalue weighted by molar-refractivity contribution is 0.637. The second kappa shape index (κ2) is 3.42. The van der Waals surface area contributed by atoms with Crippen molar-refractivity contribution in [2.24, 2.45) is 5.73 Å². The van der Waals surface area contributed by atoms with Crippen LogP contribution in [0, 0.1) is 5.82 Å². The van der Waals surface area contributed by atoms with Crippen molar-refractivity contribution in [3.63, 3.8) is 0 Å². The van der Waals surface area contributed by atoms with Crippen molar-refractivity contribution in [3.05, 3.63) is 35.8 Å². The lowest BCUT2D eigenvalue weighted by atomic mass is 10.0. The predicted octanol–water partition coefficient (Wildman–Crippen LogP) is 2.37. The summed E-state index contributed by atoms with van der Waals surface area (Å²) < 4.78 is 13.5. The highest BCUT2D eigenvalue weighted by Crippen LogP contribution is 2.26. The third kappa shape index (κ3) is 1.30. The van der Waals surface area contributed by atoms with Crippen LogP contribution < -0.4 is 5.73 Å². The topological polar surface area (TPSA) is 41.8 Å². The molecule has 1 unspecified atom stereocenters. The molecule has 0 fully saturated rings. The van der Waals surface area contributed by atoms with Crippen molar-refractivity contribution < 1.29 is 4.39 Å². The summed E-state index contributed by atoms with van der Waals surface area (Å²) in [6.07, 6.45) is 1.84. The van der Waals surface area contributed by atoms with E-state index in [4.69, 9.17) is 5.73 Å². The van der Waals surface area contributed by atoms with Gasteiger partial charge < -0.3 is 10.7 Å². The first-order valence-corrected chi connectivity index (χ1v) is 4.69. The smallest absolute Gasteiger partial charge is 0.132 e. The largest absolute Gasteiger partial charge is 0.361 e. The number of hydrogen-bond acceptors (Lipinski definition) is 1. The summed E-state index contributed by atoms with van der Waals surface area (Å²) in [5, 5.41) is 0.672. The quantitative estimate of drug-likeness (QED) is 0.753. The van der Waals surface area contributed by atoms with Gasteiger partial charge in [0.15, 0.2) is 0 Å². The Morgan fingerprint density at radius 3 is 3.00 bits per heavy atom. The van der Waals surface area contributed by atoms with Crippen LogP contribution in [-0.2, 0) is 0 Å². The summed E-state index contributed by atoms with van der Waals surface area (Å²) >= 11 is 0. The Labute approximate surface area is 81.9 Å². The molecule has 0 aliphatic heterocycles. The van der Waals surface area contributed by atoms with Crippen LogP contribution in [0.25, 0.3) is 10.9 Å². The predicted molar refractivity (Wildman–Crippen MR) is 55.7 cm³/mol. The molecule has 0 aliphatic rings. The first kappa shape index (κ1) is 9.21. The van der Waals surface area contributed by atoms with Gasteiger partial charge in [-0.2, -0.15) is 0 Å². The van der Waals surface area contributed by atoms with E-state index in [1.807, 2.05) is 19.2 Å². The van der Waals surface area contributed by atoms with E-state index in [0.29, 0.717) is 11.9 Å². The van der Waals surface area contributed by atoms with E-state index in [-0.39, 0.29) is 11.7 Å². The highest BCUT2D eigenvalue weighted by molar-refractivity contribution is 5.84. The van der Waals surface area contributed by atoms with E-state index < -0.39 is 0 Å². The van der Waals surface area contributed by atoms with E-state index in [0.717, 1.165) is 11.1 Å². The lowest BCUT2D eigenvalue weighted by Crippen LogP contribution is -2.08. The molecule has 0 bridgehead atoms. The van der Waals surface area contributed by atoms with Gasteiger partial charge in [-0.05, 0) is 30.2 Å². The molecule has 0 saturated carbocycles. The van der Waals surface area contributed by atoms with Gasteiger partial charge in [-0.3, -0.25) is 0 Å². The highest BCUT2D eigenvalue weighted by Gasteiger charge is 2.12. The molecule has 0 aliphatic carbocycles. The van der Waals surface area contributed by atoms with Crippen molar-refractivity contribution in [3.8, 4) is 0 Å². The van der Waals surface area contributed by atoms with Crippen molar-refractivity contribution in [1.82, 2.24) is 4.98 Å². The Bertz CT molecular complexity index is 447. The van der Waals surface area contributed by atoms with E-state index in [9.17, 15) is 4.39 Å². The molecule has 1 heterocycles. The Hall–Kier alpha value is -1.35. The van der Waals surface area contributed by atoms with Gasteiger partial charge in [0.1, 0.15) is 5.82 Å². The number of benzene rings is 1. The molecule has 1 atom stereocenters. The van der Waals surface area contributed by atoms with Crippen LogP contribution in [0.3, 0.4) is 0 Å². The van der Waals surface area contributed by atoms with E-state index >= 15 is 0 Å². The molecule has 0 radical (unpaired) electrons. The molecule has 0 spiro atoms. The standard InChI is InChI=1S/C11H13FN2/c1-7(5-13)8-6-14-10-4-2-3-9(12)11(8)10/h2-4,6-7,14H,5,13H2,1H3. The van der Waals surface area contributed by atoms with Crippen LogP contribution in [0.2, 0.25) is 0 Å². The second-order valence-electron chi connectivity index (χ2n) is 3.54. The number of aromatic amines is 1. The minimum atomic E-state index is -0.181. The second-order valence-corrected chi connectivity index (χ2v) is 3.54. The van der Waals surface area contributed by atoms with Crippen LogP contribution >= 0.6 is 0 Å². The number of H-pyrrole nitrogens is 1. The highest BCUT2D eigenvalue weighted by atomic mass is 19.1. The van der Waals surface area contributed by atoms with Gasteiger partial charge in [-0.25, -0.2) is 4.39 Å². The average molecular weight is 192 g/mol. The van der Waals surface area contributed by atoms with Gasteiger partial charge in [-0.1, -0.05) is 13.0 Å². The fourth-order valence-electron chi connectivity index (χ4n) is 1.68. The lowest BCUT2D eigenvalue weighted by Gasteiger charge is -2.06. The normalized spacial score (nSPS) is 13.4. The molecule has 2 aromatic rings. The summed E-state index contributed by atoms with van der Waals surface area (Å²) in [4.78, 5) is 3.05. The fraction of sp³-hybridized carbons (Fsp3) is 0.273. The molecule has 74 valence electrons. The van der Waals surface area contributed by atoms with Crippen molar-refractivity contribution in [1.29, 1.82) is 0 Å². The van der Waals surface area contributed by atoms with Crippen LogP contribution in [0.4, 0.5) is 4.39 Å². The fourth-order valence-corrected chi connectivity index (χ4v) is 1.68. The molecule has 3 N–H and O–H groups in total. The summed E-state index contributed by atoms with van der Waals surface area (Å²) in [5.74, 6) is -0.000278. The summed E-state index contributed by atoms with van der Waals surface area (Å²) in [6.45, 7) is 2.52. The Morgan fingerprint density at radius 2 is 2.29 bits per heavy atom. The number of hydrogen-bond donors (Lipinski definition) is 2. The molecule has 2 rings (SSSR count). The zero-order valence-corrected chi connectivity index (χ0v) is 8.05. The number of fused-ring (bicyclic) bond motifs is 1. The van der Waals surface area contributed by atoms with E-state index in [2.05, 4.69) is 4.98 Å². The molecule has 0 saturated heterocycles. The van der Waals surface area contributed by atoms with Crippen LogP contribution in [0.15, 0.2) is 24.4 Å². The number of aromatic nitrogens is 1. The van der Waals surface area contributed by atoms with E-state index in [1.165, 1.54) is 6.07 Å². The maximum atomic E-state index is 13.5. The zero-order valence-electron chi connectivity index (χ0n) is 8.05. The number of nitrogens with two attached hydrogens (primary N) is 1. The molecular formula is C11H13FN2. The monoisotopic (exact) mass is 192 g/mol. The molecule has 0 amide bonds.